The molecule has 0 saturated carbocycles. The van der Waals surface area contributed by atoms with E-state index in [1.54, 1.807) is 0 Å². The number of hydrogen-bond acceptors (Lipinski definition) is 2. The Balaban J connectivity index is 2.15. The fourth-order valence-corrected chi connectivity index (χ4v) is 1.63. The van der Waals surface area contributed by atoms with Gasteiger partial charge >= 0.3 is 0 Å². The highest BCUT2D eigenvalue weighted by Gasteiger charge is 2.15. The van der Waals surface area contributed by atoms with Crippen molar-refractivity contribution in [2.45, 2.75) is 26.2 Å². The molecule has 12 heavy (non-hydrogen) atoms. The summed E-state index contributed by atoms with van der Waals surface area (Å²) in [6, 6.07) is 0. The van der Waals surface area contributed by atoms with E-state index < -0.39 is 0 Å². The van der Waals surface area contributed by atoms with Gasteiger partial charge in [0.25, 0.3) is 0 Å². The monoisotopic (exact) mass is 170 g/mol. The Kier molecular flexibility index (Phi) is 4.08. The minimum Gasteiger partial charge on any atom is -0.356 e. The van der Waals surface area contributed by atoms with Gasteiger partial charge in [-0.15, -0.1) is 0 Å². The van der Waals surface area contributed by atoms with Crippen LogP contribution in [-0.2, 0) is 4.79 Å². The molecule has 1 rings (SSSR count). The van der Waals surface area contributed by atoms with Gasteiger partial charge in [0, 0.05) is 13.0 Å². The van der Waals surface area contributed by atoms with Gasteiger partial charge in [0.15, 0.2) is 0 Å². The van der Waals surface area contributed by atoms with Gasteiger partial charge < -0.3 is 10.6 Å². The molecule has 0 aromatic carbocycles. The Hall–Kier alpha value is -0.570. The van der Waals surface area contributed by atoms with E-state index in [-0.39, 0.29) is 5.91 Å². The van der Waals surface area contributed by atoms with Gasteiger partial charge in [0.05, 0.1) is 0 Å². The average molecular weight is 170 g/mol. The first kappa shape index (κ1) is 9.52. The van der Waals surface area contributed by atoms with Crippen molar-refractivity contribution in [1.82, 2.24) is 10.6 Å². The quantitative estimate of drug-likeness (QED) is 0.648. The van der Waals surface area contributed by atoms with Gasteiger partial charge in [0.2, 0.25) is 5.91 Å². The summed E-state index contributed by atoms with van der Waals surface area (Å²) < 4.78 is 0. The predicted molar refractivity (Wildman–Crippen MR) is 48.9 cm³/mol. The SMILES string of the molecule is CCNC(=O)C[C@@H]1CCCNC1. The van der Waals surface area contributed by atoms with Crippen molar-refractivity contribution in [1.29, 1.82) is 0 Å². The van der Waals surface area contributed by atoms with E-state index in [1.165, 1.54) is 12.8 Å². The van der Waals surface area contributed by atoms with Crippen molar-refractivity contribution in [2.24, 2.45) is 5.92 Å². The van der Waals surface area contributed by atoms with E-state index in [9.17, 15) is 4.79 Å². The highest BCUT2D eigenvalue weighted by Crippen LogP contribution is 2.13. The van der Waals surface area contributed by atoms with Crippen molar-refractivity contribution in [3.05, 3.63) is 0 Å². The molecule has 1 saturated heterocycles. The topological polar surface area (TPSA) is 41.1 Å². The highest BCUT2D eigenvalue weighted by molar-refractivity contribution is 5.76. The van der Waals surface area contributed by atoms with E-state index in [2.05, 4.69) is 10.6 Å². The van der Waals surface area contributed by atoms with Crippen LogP contribution < -0.4 is 10.6 Å². The van der Waals surface area contributed by atoms with Crippen LogP contribution in [0.4, 0.5) is 0 Å². The molecule has 1 amide bonds. The summed E-state index contributed by atoms with van der Waals surface area (Å²) in [7, 11) is 0. The van der Waals surface area contributed by atoms with Crippen LogP contribution in [0.2, 0.25) is 0 Å². The summed E-state index contributed by atoms with van der Waals surface area (Å²) in [5, 5.41) is 6.13. The number of carbonyl (C=O) groups excluding carboxylic acids is 1. The number of hydrogen-bond donors (Lipinski definition) is 2. The summed E-state index contributed by atoms with van der Waals surface area (Å²) in [5.74, 6) is 0.761. The first-order valence-electron chi connectivity index (χ1n) is 4.80. The summed E-state index contributed by atoms with van der Waals surface area (Å²) in [6.45, 7) is 4.83. The minimum atomic E-state index is 0.200. The molecule has 1 aliphatic rings. The lowest BCUT2D eigenvalue weighted by Gasteiger charge is -2.21. The van der Waals surface area contributed by atoms with E-state index >= 15 is 0 Å². The number of piperidine rings is 1. The lowest BCUT2D eigenvalue weighted by Crippen LogP contribution is -2.34. The maximum atomic E-state index is 11.2. The fraction of sp³-hybridized carbons (Fsp3) is 0.889. The minimum absolute atomic E-state index is 0.200. The van der Waals surface area contributed by atoms with Crippen LogP contribution in [0.1, 0.15) is 26.2 Å². The van der Waals surface area contributed by atoms with E-state index in [0.29, 0.717) is 12.3 Å². The third kappa shape index (κ3) is 3.22. The molecule has 1 heterocycles. The van der Waals surface area contributed by atoms with E-state index in [0.717, 1.165) is 19.6 Å². The Morgan fingerprint density at radius 2 is 2.50 bits per heavy atom. The lowest BCUT2D eigenvalue weighted by molar-refractivity contribution is -0.122. The van der Waals surface area contributed by atoms with Crippen LogP contribution in [0, 0.1) is 5.92 Å². The zero-order chi connectivity index (χ0) is 8.81. The first-order chi connectivity index (χ1) is 5.83. The van der Waals surface area contributed by atoms with Gasteiger partial charge in [-0.1, -0.05) is 0 Å². The normalized spacial score (nSPS) is 23.6. The zero-order valence-corrected chi connectivity index (χ0v) is 7.73. The second kappa shape index (κ2) is 5.14. The van der Waals surface area contributed by atoms with Crippen molar-refractivity contribution in [3.8, 4) is 0 Å². The van der Waals surface area contributed by atoms with Gasteiger partial charge in [-0.25, -0.2) is 0 Å². The second-order valence-corrected chi connectivity index (χ2v) is 3.37. The first-order valence-corrected chi connectivity index (χ1v) is 4.80. The van der Waals surface area contributed by atoms with E-state index in [1.807, 2.05) is 6.92 Å². The largest absolute Gasteiger partial charge is 0.356 e. The molecule has 0 radical (unpaired) electrons. The molecule has 0 bridgehead atoms. The standard InChI is InChI=1S/C9H18N2O/c1-2-11-9(12)6-8-4-3-5-10-7-8/h8,10H,2-7H2,1H3,(H,11,12)/t8-/m0/s1. The lowest BCUT2D eigenvalue weighted by atomic mass is 9.96. The molecule has 1 aliphatic heterocycles. The Morgan fingerprint density at radius 1 is 1.67 bits per heavy atom. The maximum absolute atomic E-state index is 11.2. The summed E-state index contributed by atoms with van der Waals surface area (Å²) >= 11 is 0. The molecule has 0 aliphatic carbocycles. The third-order valence-electron chi connectivity index (χ3n) is 2.25. The van der Waals surface area contributed by atoms with Crippen LogP contribution >= 0.6 is 0 Å². The number of rotatable bonds is 3. The smallest absolute Gasteiger partial charge is 0.220 e. The summed E-state index contributed by atoms with van der Waals surface area (Å²) in [4.78, 5) is 11.2. The third-order valence-corrected chi connectivity index (χ3v) is 2.25. The molecule has 3 heteroatoms. The fourth-order valence-electron chi connectivity index (χ4n) is 1.63. The Bertz CT molecular complexity index is 141. The van der Waals surface area contributed by atoms with Crippen LogP contribution in [0.3, 0.4) is 0 Å². The van der Waals surface area contributed by atoms with Gasteiger partial charge in [-0.3, -0.25) is 4.79 Å². The van der Waals surface area contributed by atoms with Gasteiger partial charge in [-0.2, -0.15) is 0 Å². The summed E-state index contributed by atoms with van der Waals surface area (Å²) in [5.41, 5.74) is 0. The van der Waals surface area contributed by atoms with Crippen LogP contribution in [0.15, 0.2) is 0 Å². The highest BCUT2D eigenvalue weighted by atomic mass is 16.1. The number of nitrogens with one attached hydrogen (secondary N) is 2. The summed E-state index contributed by atoms with van der Waals surface area (Å²) in [6.07, 6.45) is 3.11. The molecule has 2 N–H and O–H groups in total. The van der Waals surface area contributed by atoms with Crippen molar-refractivity contribution < 1.29 is 4.79 Å². The van der Waals surface area contributed by atoms with Crippen molar-refractivity contribution >= 4 is 5.91 Å². The molecule has 1 fully saturated rings. The molecule has 0 spiro atoms. The Morgan fingerprint density at radius 3 is 3.08 bits per heavy atom. The molecule has 0 unspecified atom stereocenters. The van der Waals surface area contributed by atoms with Crippen LogP contribution in [0.25, 0.3) is 0 Å². The molecular weight excluding hydrogens is 152 g/mol. The van der Waals surface area contributed by atoms with Gasteiger partial charge in [0.1, 0.15) is 0 Å². The number of carbonyl (C=O) groups is 1. The molecule has 0 aromatic heterocycles. The van der Waals surface area contributed by atoms with Crippen LogP contribution in [-0.4, -0.2) is 25.5 Å². The van der Waals surface area contributed by atoms with Crippen molar-refractivity contribution in [2.75, 3.05) is 19.6 Å². The zero-order valence-electron chi connectivity index (χ0n) is 7.73. The number of amides is 1. The molecule has 1 atom stereocenters. The van der Waals surface area contributed by atoms with Gasteiger partial charge in [-0.05, 0) is 38.8 Å². The Labute approximate surface area is 73.9 Å². The molecule has 0 aromatic rings. The second-order valence-electron chi connectivity index (χ2n) is 3.37. The molecular formula is C9H18N2O. The maximum Gasteiger partial charge on any atom is 0.220 e. The molecule has 70 valence electrons. The predicted octanol–water partition coefficient (Wildman–Crippen LogP) is 0.512. The molecule has 3 nitrogen and oxygen atoms in total. The van der Waals surface area contributed by atoms with Crippen molar-refractivity contribution in [3.63, 3.8) is 0 Å². The van der Waals surface area contributed by atoms with Crippen LogP contribution in [0.5, 0.6) is 0 Å². The van der Waals surface area contributed by atoms with E-state index in [4.69, 9.17) is 0 Å². The average Bonchev–Trinajstić information content (AvgIpc) is 2.06.